The minimum absolute atomic E-state index is 0.0166. The smallest absolute Gasteiger partial charge is 0.115 e. The Kier molecular flexibility index (Phi) is 4.74. The molecule has 1 atom stereocenters. The Labute approximate surface area is 176 Å². The van der Waals surface area contributed by atoms with Gasteiger partial charge in [-0.05, 0) is 69.3 Å². The molecule has 30 heavy (non-hydrogen) atoms. The normalized spacial score (nSPS) is 14.9. The molecule has 2 heteroatoms. The lowest BCUT2D eigenvalue weighted by atomic mass is 9.83. The van der Waals surface area contributed by atoms with E-state index in [9.17, 15) is 5.11 Å². The Morgan fingerprint density at radius 2 is 1.27 bits per heavy atom. The molecule has 0 saturated carbocycles. The van der Waals surface area contributed by atoms with Crippen molar-refractivity contribution in [1.29, 1.82) is 0 Å². The molecule has 1 N–H and O–H groups in total. The van der Waals surface area contributed by atoms with Crippen LogP contribution in [0.1, 0.15) is 22.6 Å². The van der Waals surface area contributed by atoms with Crippen molar-refractivity contribution in [3.8, 4) is 28.0 Å². The van der Waals surface area contributed by atoms with Crippen LogP contribution >= 0.6 is 0 Å². The summed E-state index contributed by atoms with van der Waals surface area (Å²) in [5.41, 5.74) is 8.26. The van der Waals surface area contributed by atoms with Crippen LogP contribution in [-0.2, 0) is 0 Å². The van der Waals surface area contributed by atoms with Crippen LogP contribution in [-0.4, -0.2) is 11.3 Å². The molecule has 1 heterocycles. The lowest BCUT2D eigenvalue weighted by molar-refractivity contribution is 0.475. The molecule has 0 aromatic heterocycles. The van der Waals surface area contributed by atoms with Crippen molar-refractivity contribution in [2.45, 2.75) is 5.92 Å². The van der Waals surface area contributed by atoms with Crippen LogP contribution in [0, 0.1) is 0 Å². The largest absolute Gasteiger partial charge is 0.508 e. The van der Waals surface area contributed by atoms with Crippen molar-refractivity contribution in [1.82, 2.24) is 0 Å². The minimum Gasteiger partial charge on any atom is -0.508 e. The molecule has 1 aliphatic heterocycles. The van der Waals surface area contributed by atoms with E-state index in [-0.39, 0.29) is 11.7 Å². The standard InChI is InChI=1S/C28H21NO/c30-24-13-11-22(12-14-24)28-19-29-16-15-23-17-25(20-7-3-1-4-8-20)26(18-27(23)28)21-9-5-2-6-10-21/h1-19,28,30H. The highest BCUT2D eigenvalue weighted by atomic mass is 16.3. The quantitative estimate of drug-likeness (QED) is 0.407. The van der Waals surface area contributed by atoms with Gasteiger partial charge in [0.2, 0.25) is 0 Å². The summed E-state index contributed by atoms with van der Waals surface area (Å²) < 4.78 is 0. The Hall–Kier alpha value is -3.91. The maximum absolute atomic E-state index is 9.72. The van der Waals surface area contributed by atoms with Crippen LogP contribution in [0.4, 0.5) is 0 Å². The highest BCUT2D eigenvalue weighted by Crippen LogP contribution is 2.39. The SMILES string of the molecule is Oc1ccc(C2C=NC=Cc3cc(-c4ccccc4)c(-c4ccccc4)cc32)cc1. The molecule has 4 aromatic rings. The Bertz CT molecular complexity index is 1220. The zero-order valence-corrected chi connectivity index (χ0v) is 16.4. The maximum atomic E-state index is 9.72. The van der Waals surface area contributed by atoms with Crippen molar-refractivity contribution in [2.24, 2.45) is 4.99 Å². The van der Waals surface area contributed by atoms with Gasteiger partial charge >= 0.3 is 0 Å². The summed E-state index contributed by atoms with van der Waals surface area (Å²) in [6.07, 6.45) is 5.91. The summed E-state index contributed by atoms with van der Waals surface area (Å²) in [5.74, 6) is 0.287. The van der Waals surface area contributed by atoms with Crippen LogP contribution < -0.4 is 0 Å². The van der Waals surface area contributed by atoms with Crippen molar-refractivity contribution in [3.63, 3.8) is 0 Å². The van der Waals surface area contributed by atoms with Crippen LogP contribution in [0.15, 0.2) is 108 Å². The molecule has 2 nitrogen and oxygen atoms in total. The number of fused-ring (bicyclic) bond motifs is 1. The summed E-state index contributed by atoms with van der Waals surface area (Å²) >= 11 is 0. The third-order valence-corrected chi connectivity index (χ3v) is 5.56. The molecule has 0 bridgehead atoms. The molecule has 0 fully saturated rings. The highest BCUT2D eigenvalue weighted by Gasteiger charge is 2.20. The number of hydrogen-bond acceptors (Lipinski definition) is 2. The van der Waals surface area contributed by atoms with Gasteiger partial charge in [-0.2, -0.15) is 0 Å². The van der Waals surface area contributed by atoms with Crippen molar-refractivity contribution in [3.05, 3.63) is 120 Å². The molecule has 1 unspecified atom stereocenters. The summed E-state index contributed by atoms with van der Waals surface area (Å²) in [6.45, 7) is 0. The van der Waals surface area contributed by atoms with Crippen molar-refractivity contribution in [2.75, 3.05) is 0 Å². The molecule has 0 spiro atoms. The van der Waals surface area contributed by atoms with Gasteiger partial charge in [-0.25, -0.2) is 0 Å². The van der Waals surface area contributed by atoms with E-state index in [1.54, 1.807) is 12.1 Å². The van der Waals surface area contributed by atoms with Gasteiger partial charge < -0.3 is 5.11 Å². The highest BCUT2D eigenvalue weighted by molar-refractivity contribution is 5.89. The third-order valence-electron chi connectivity index (χ3n) is 5.56. The minimum atomic E-state index is 0.0166. The fraction of sp³-hybridized carbons (Fsp3) is 0.0357. The average molecular weight is 387 g/mol. The lowest BCUT2D eigenvalue weighted by Crippen LogP contribution is -2.05. The maximum Gasteiger partial charge on any atom is 0.115 e. The molecule has 4 aromatic carbocycles. The van der Waals surface area contributed by atoms with E-state index in [1.807, 2.05) is 36.7 Å². The zero-order chi connectivity index (χ0) is 20.3. The van der Waals surface area contributed by atoms with Gasteiger partial charge in [-0.1, -0.05) is 72.8 Å². The first-order chi connectivity index (χ1) is 14.8. The third kappa shape index (κ3) is 3.44. The summed E-state index contributed by atoms with van der Waals surface area (Å²) in [5, 5.41) is 9.72. The average Bonchev–Trinajstić information content (AvgIpc) is 3.02. The van der Waals surface area contributed by atoms with Gasteiger partial charge in [0, 0.05) is 18.3 Å². The van der Waals surface area contributed by atoms with Crippen LogP contribution in [0.3, 0.4) is 0 Å². The lowest BCUT2D eigenvalue weighted by Gasteiger charge is -2.20. The fourth-order valence-corrected chi connectivity index (χ4v) is 4.05. The number of benzene rings is 4. The first-order valence-electron chi connectivity index (χ1n) is 10.1. The molecule has 0 amide bonds. The molecular formula is C28H21NO. The van der Waals surface area contributed by atoms with Crippen LogP contribution in [0.5, 0.6) is 5.75 Å². The topological polar surface area (TPSA) is 32.6 Å². The predicted octanol–water partition coefficient (Wildman–Crippen LogP) is 6.91. The van der Waals surface area contributed by atoms with Crippen molar-refractivity contribution >= 4 is 12.3 Å². The van der Waals surface area contributed by atoms with Gasteiger partial charge in [0.1, 0.15) is 5.75 Å². The van der Waals surface area contributed by atoms with E-state index in [4.69, 9.17) is 0 Å². The number of phenolic OH excluding ortho intramolecular Hbond substituents is 1. The van der Waals surface area contributed by atoms with E-state index in [0.29, 0.717) is 0 Å². The second-order valence-corrected chi connectivity index (χ2v) is 7.44. The van der Waals surface area contributed by atoms with Crippen molar-refractivity contribution < 1.29 is 5.11 Å². The number of nitrogens with zero attached hydrogens (tertiary/aromatic N) is 1. The number of rotatable bonds is 3. The molecule has 144 valence electrons. The predicted molar refractivity (Wildman–Crippen MR) is 125 cm³/mol. The second-order valence-electron chi connectivity index (χ2n) is 7.44. The molecule has 0 aliphatic carbocycles. The van der Waals surface area contributed by atoms with Crippen LogP contribution in [0.25, 0.3) is 28.3 Å². The molecule has 0 saturated heterocycles. The van der Waals surface area contributed by atoms with Gasteiger partial charge in [-0.3, -0.25) is 4.99 Å². The van der Waals surface area contributed by atoms with Gasteiger partial charge in [0.05, 0.1) is 0 Å². The second kappa shape index (κ2) is 7.84. The zero-order valence-electron chi connectivity index (χ0n) is 16.4. The number of hydrogen-bond donors (Lipinski definition) is 1. The van der Waals surface area contributed by atoms with E-state index in [2.05, 4.69) is 71.7 Å². The Morgan fingerprint density at radius 3 is 1.90 bits per heavy atom. The molecule has 1 aliphatic rings. The monoisotopic (exact) mass is 387 g/mol. The summed E-state index contributed by atoms with van der Waals surface area (Å²) in [4.78, 5) is 4.50. The Morgan fingerprint density at radius 1 is 0.667 bits per heavy atom. The number of aromatic hydroxyl groups is 1. The van der Waals surface area contributed by atoms with E-state index in [0.717, 1.165) is 11.1 Å². The number of aliphatic imine (C=N–C) groups is 1. The molecular weight excluding hydrogens is 366 g/mol. The molecule has 0 radical (unpaired) electrons. The van der Waals surface area contributed by atoms with Gasteiger partial charge in [0.15, 0.2) is 0 Å². The first-order valence-corrected chi connectivity index (χ1v) is 10.1. The van der Waals surface area contributed by atoms with Crippen LogP contribution in [0.2, 0.25) is 0 Å². The first kappa shape index (κ1) is 18.1. The fourth-order valence-electron chi connectivity index (χ4n) is 4.05. The number of phenols is 1. The molecule has 5 rings (SSSR count). The van der Waals surface area contributed by atoms with Gasteiger partial charge in [0.25, 0.3) is 0 Å². The summed E-state index contributed by atoms with van der Waals surface area (Å²) in [6, 6.07) is 33.0. The van der Waals surface area contributed by atoms with Gasteiger partial charge in [-0.15, -0.1) is 0 Å². The van der Waals surface area contributed by atoms with E-state index < -0.39 is 0 Å². The Balaban J connectivity index is 1.75. The van der Waals surface area contributed by atoms with E-state index >= 15 is 0 Å². The summed E-state index contributed by atoms with van der Waals surface area (Å²) in [7, 11) is 0. The van der Waals surface area contributed by atoms with E-state index in [1.165, 1.54) is 27.8 Å².